The van der Waals surface area contributed by atoms with E-state index in [1.165, 1.54) is 7.05 Å². The van der Waals surface area contributed by atoms with Crippen molar-refractivity contribution in [2.45, 2.75) is 0 Å². The average molecular weight is 164 g/mol. The Labute approximate surface area is 71.1 Å². The van der Waals surface area contributed by atoms with E-state index in [9.17, 15) is 9.59 Å². The zero-order chi connectivity index (χ0) is 8.72. The lowest BCUT2D eigenvalue weighted by molar-refractivity contribution is 0.0693. The summed E-state index contributed by atoms with van der Waals surface area (Å²) in [5, 5.41) is 0. The van der Waals surface area contributed by atoms with E-state index in [0.717, 1.165) is 4.90 Å². The van der Waals surface area contributed by atoms with Crippen LogP contribution in [0.1, 0.15) is 22.1 Å². The van der Waals surface area contributed by atoms with Crippen molar-refractivity contribution >= 4 is 11.8 Å². The number of fused-ring (bicyclic) bond motifs is 1. The molecule has 3 heteroatoms. The van der Waals surface area contributed by atoms with Crippen LogP contribution < -0.4 is 0 Å². The first-order chi connectivity index (χ1) is 5.72. The van der Waals surface area contributed by atoms with Crippen LogP contribution in [0.3, 0.4) is 0 Å². The number of hydrogen-bond donors (Lipinski definition) is 0. The summed E-state index contributed by atoms with van der Waals surface area (Å²) in [7, 11) is 1.49. The Morgan fingerprint density at radius 1 is 1.08 bits per heavy atom. The monoisotopic (exact) mass is 164 g/mol. The molecule has 0 bridgehead atoms. The minimum absolute atomic E-state index is 0. The predicted octanol–water partition coefficient (Wildman–Crippen LogP) is 1.02. The van der Waals surface area contributed by atoms with Crippen molar-refractivity contribution in [2.75, 3.05) is 7.05 Å². The van der Waals surface area contributed by atoms with Gasteiger partial charge in [0.2, 0.25) is 0 Å². The lowest BCUT2D eigenvalue weighted by Gasteiger charge is -2.02. The van der Waals surface area contributed by atoms with Gasteiger partial charge in [0.15, 0.2) is 0 Å². The zero-order valence-electron chi connectivity index (χ0n) is 7.57. The molecular weight excluding hydrogens is 154 g/mol. The van der Waals surface area contributed by atoms with E-state index in [-0.39, 0.29) is 13.2 Å². The van der Waals surface area contributed by atoms with Gasteiger partial charge in [-0.1, -0.05) is 12.1 Å². The van der Waals surface area contributed by atoms with Crippen LogP contribution in [0.4, 0.5) is 0 Å². The summed E-state index contributed by atoms with van der Waals surface area (Å²) in [6, 6.07) is 6.84. The molecule has 1 aromatic carbocycles. The van der Waals surface area contributed by atoms with Gasteiger partial charge in [-0.15, -0.1) is 0 Å². The molecule has 62 valence electrons. The summed E-state index contributed by atoms with van der Waals surface area (Å²) in [6.45, 7) is 0. The van der Waals surface area contributed by atoms with Gasteiger partial charge in [-0.05, 0) is 12.1 Å². The molecule has 12 heavy (non-hydrogen) atoms. The van der Waals surface area contributed by atoms with E-state index in [1.54, 1.807) is 24.3 Å². The Kier molecular flexibility index (Phi) is 1.27. The molecule has 0 N–H and O–H groups in total. The highest BCUT2D eigenvalue weighted by atomic mass is 16.2. The number of nitrogens with zero attached hydrogens (tertiary/aromatic N) is 1. The van der Waals surface area contributed by atoms with Crippen molar-refractivity contribution in [2.24, 2.45) is 0 Å². The minimum atomic E-state index is -0.212. The van der Waals surface area contributed by atoms with Gasteiger partial charge in [0.25, 0.3) is 11.8 Å². The second-order valence-electron chi connectivity index (χ2n) is 2.71. The lowest BCUT2D eigenvalue weighted by atomic mass is 10.1. The average Bonchev–Trinajstić information content (AvgIpc) is 2.33. The smallest absolute Gasteiger partial charge is 0.261 e. The number of carbonyl (C=O) groups is 2. The van der Waals surface area contributed by atoms with Gasteiger partial charge >= 0.3 is 0 Å². The maximum absolute atomic E-state index is 11.3. The molecule has 0 radical (unpaired) electrons. The Morgan fingerprint density at radius 3 is 1.92 bits per heavy atom. The molecule has 2 amide bonds. The Morgan fingerprint density at radius 2 is 1.50 bits per heavy atom. The van der Waals surface area contributed by atoms with Gasteiger partial charge in [0.05, 0.1) is 11.1 Å². The van der Waals surface area contributed by atoms with Crippen LogP contribution >= 0.6 is 0 Å². The Balaban J connectivity index is 0.000000845. The first kappa shape index (κ1) is 7.03. The number of carbonyl (C=O) groups excluding carboxylic acids is 2. The molecule has 1 aliphatic rings. The molecule has 2 rings (SSSR count). The summed E-state index contributed by atoms with van der Waals surface area (Å²) in [4.78, 5) is 23.8. The van der Waals surface area contributed by atoms with Crippen molar-refractivity contribution in [3.63, 3.8) is 0 Å². The summed E-state index contributed by atoms with van der Waals surface area (Å²) >= 11 is 0. The molecular formula is C9H8NO2-. The maximum Gasteiger partial charge on any atom is 0.261 e. The van der Waals surface area contributed by atoms with E-state index in [2.05, 4.69) is 0 Å². The number of imide groups is 1. The molecule has 3 nitrogen and oxygen atoms in total. The van der Waals surface area contributed by atoms with Crippen molar-refractivity contribution in [1.29, 1.82) is 0 Å². The highest BCUT2D eigenvalue weighted by Crippen LogP contribution is 2.20. The third kappa shape index (κ3) is 0.704. The van der Waals surface area contributed by atoms with Crippen LogP contribution in [0.2, 0.25) is 0 Å². The lowest BCUT2D eigenvalue weighted by Crippen LogP contribution is -2.24. The zero-order valence-corrected chi connectivity index (χ0v) is 6.57. The van der Waals surface area contributed by atoms with E-state index in [4.69, 9.17) is 0 Å². The van der Waals surface area contributed by atoms with E-state index >= 15 is 0 Å². The van der Waals surface area contributed by atoms with Crippen LogP contribution in [0.15, 0.2) is 24.3 Å². The highest BCUT2D eigenvalue weighted by molar-refractivity contribution is 6.21. The second-order valence-corrected chi connectivity index (χ2v) is 2.71. The minimum Gasteiger partial charge on any atom is -1.00 e. The van der Waals surface area contributed by atoms with Gasteiger partial charge in [0, 0.05) is 7.05 Å². The second kappa shape index (κ2) is 2.17. The predicted molar refractivity (Wildman–Crippen MR) is 44.0 cm³/mol. The topological polar surface area (TPSA) is 37.4 Å². The molecule has 0 aliphatic carbocycles. The van der Waals surface area contributed by atoms with Crippen LogP contribution in [-0.2, 0) is 0 Å². The summed E-state index contributed by atoms with van der Waals surface area (Å²) < 4.78 is 0. The van der Waals surface area contributed by atoms with Crippen LogP contribution in [-0.4, -0.2) is 23.8 Å². The summed E-state index contributed by atoms with van der Waals surface area (Å²) in [5.74, 6) is -0.425. The molecule has 1 aromatic rings. The van der Waals surface area contributed by atoms with E-state index in [0.29, 0.717) is 11.1 Å². The number of amides is 2. The van der Waals surface area contributed by atoms with Crippen LogP contribution in [0, 0.1) is 0 Å². The quantitative estimate of drug-likeness (QED) is 0.537. The molecule has 0 saturated heterocycles. The Bertz CT molecular complexity index is 341. The van der Waals surface area contributed by atoms with Gasteiger partial charge in [0.1, 0.15) is 0 Å². The highest BCUT2D eigenvalue weighted by Gasteiger charge is 2.31. The van der Waals surface area contributed by atoms with Crippen molar-refractivity contribution in [1.82, 2.24) is 4.90 Å². The van der Waals surface area contributed by atoms with E-state index in [1.807, 2.05) is 0 Å². The number of rotatable bonds is 0. The fourth-order valence-electron chi connectivity index (χ4n) is 1.31. The van der Waals surface area contributed by atoms with Gasteiger partial charge < -0.3 is 1.43 Å². The molecule has 1 heterocycles. The summed E-state index contributed by atoms with van der Waals surface area (Å²) in [6.07, 6.45) is 0. The van der Waals surface area contributed by atoms with Gasteiger partial charge in [-0.25, -0.2) is 0 Å². The first-order valence-corrected chi connectivity index (χ1v) is 3.63. The molecule has 1 aliphatic heterocycles. The normalized spacial score (nSPS) is 15.2. The molecule has 0 spiro atoms. The molecule has 0 unspecified atom stereocenters. The third-order valence-corrected chi connectivity index (χ3v) is 2.00. The van der Waals surface area contributed by atoms with Gasteiger partial charge in [-0.2, -0.15) is 0 Å². The largest absolute Gasteiger partial charge is 1.00 e. The SMILES string of the molecule is CN1C(=O)c2ccccc2C1=O.[3H-]. The summed E-state index contributed by atoms with van der Waals surface area (Å²) in [5.41, 5.74) is 1.01. The van der Waals surface area contributed by atoms with Crippen molar-refractivity contribution in [3.8, 4) is 0 Å². The van der Waals surface area contributed by atoms with Crippen LogP contribution in [0.25, 0.3) is 0 Å². The molecule has 0 atom stereocenters. The van der Waals surface area contributed by atoms with E-state index < -0.39 is 0 Å². The number of hydrogen-bond acceptors (Lipinski definition) is 2. The van der Waals surface area contributed by atoms with Gasteiger partial charge in [-0.3, -0.25) is 14.5 Å². The Hall–Kier alpha value is -1.64. The maximum atomic E-state index is 11.3. The van der Waals surface area contributed by atoms with Crippen molar-refractivity contribution in [3.05, 3.63) is 35.4 Å². The fraction of sp³-hybridized carbons (Fsp3) is 0.111. The standard InChI is InChI=1S/C9H7NO2.H/c1-10-8(11)6-4-2-3-5-7(6)9(10)12;/h2-5H,1H3;/q;-1/i;1+2. The van der Waals surface area contributed by atoms with Crippen molar-refractivity contribution < 1.29 is 11.0 Å². The third-order valence-electron chi connectivity index (χ3n) is 2.00. The molecule has 0 saturated carbocycles. The number of benzene rings is 1. The fourth-order valence-corrected chi connectivity index (χ4v) is 1.31. The first-order valence-electron chi connectivity index (χ1n) is 3.63. The van der Waals surface area contributed by atoms with Crippen LogP contribution in [0.5, 0.6) is 0 Å². The molecule has 0 aromatic heterocycles. The molecule has 0 fully saturated rings.